The molecular formula is C16H21N3OS. The second kappa shape index (κ2) is 6.56. The molecule has 1 aromatic heterocycles. The highest BCUT2D eigenvalue weighted by molar-refractivity contribution is 7.16. The first-order valence-corrected chi connectivity index (χ1v) is 8.24. The zero-order valence-corrected chi connectivity index (χ0v) is 13.1. The van der Waals surface area contributed by atoms with Gasteiger partial charge in [-0.15, -0.1) is 0 Å². The summed E-state index contributed by atoms with van der Waals surface area (Å²) in [5, 5.41) is 1.07. The van der Waals surface area contributed by atoms with Gasteiger partial charge in [-0.3, -0.25) is 0 Å². The van der Waals surface area contributed by atoms with E-state index in [1.54, 1.807) is 11.3 Å². The molecule has 21 heavy (non-hydrogen) atoms. The quantitative estimate of drug-likeness (QED) is 0.943. The van der Waals surface area contributed by atoms with Crippen LogP contribution < -0.4 is 10.6 Å². The number of nitrogens with zero attached hydrogens (tertiary/aromatic N) is 2. The number of rotatable bonds is 4. The first kappa shape index (κ1) is 14.5. The molecule has 0 amide bonds. The summed E-state index contributed by atoms with van der Waals surface area (Å²) in [7, 11) is 0. The average Bonchev–Trinajstić information content (AvgIpc) is 2.99. The molecule has 1 atom stereocenters. The fraction of sp³-hybridized carbons (Fsp3) is 0.438. The maximum Gasteiger partial charge on any atom is 0.186 e. The number of benzene rings is 1. The molecule has 2 aromatic rings. The van der Waals surface area contributed by atoms with Gasteiger partial charge in [0.25, 0.3) is 0 Å². The van der Waals surface area contributed by atoms with Crippen LogP contribution in [0.3, 0.4) is 0 Å². The van der Waals surface area contributed by atoms with Crippen LogP contribution in [0.4, 0.5) is 5.13 Å². The highest BCUT2D eigenvalue weighted by atomic mass is 32.1. The number of ether oxygens (including phenoxy) is 1. The van der Waals surface area contributed by atoms with Crippen molar-refractivity contribution in [1.29, 1.82) is 0 Å². The van der Waals surface area contributed by atoms with Crippen molar-refractivity contribution >= 4 is 16.5 Å². The summed E-state index contributed by atoms with van der Waals surface area (Å²) < 4.78 is 5.58. The highest BCUT2D eigenvalue weighted by Crippen LogP contribution is 2.34. The van der Waals surface area contributed by atoms with Crippen molar-refractivity contribution in [3.8, 4) is 11.3 Å². The Morgan fingerprint density at radius 2 is 2.19 bits per heavy atom. The van der Waals surface area contributed by atoms with Gasteiger partial charge in [0, 0.05) is 23.5 Å². The Balaban J connectivity index is 1.95. The number of hydrogen-bond acceptors (Lipinski definition) is 5. The molecule has 0 radical (unpaired) electrons. The summed E-state index contributed by atoms with van der Waals surface area (Å²) in [6.07, 6.45) is 1.07. The summed E-state index contributed by atoms with van der Waals surface area (Å²) >= 11 is 1.71. The van der Waals surface area contributed by atoms with Crippen molar-refractivity contribution in [3.05, 3.63) is 35.2 Å². The van der Waals surface area contributed by atoms with Crippen molar-refractivity contribution in [1.82, 2.24) is 4.98 Å². The van der Waals surface area contributed by atoms with E-state index in [2.05, 4.69) is 24.0 Å². The van der Waals surface area contributed by atoms with Gasteiger partial charge < -0.3 is 15.4 Å². The third kappa shape index (κ3) is 2.95. The molecule has 3 rings (SSSR count). The minimum absolute atomic E-state index is 0.416. The molecule has 1 aliphatic heterocycles. The zero-order chi connectivity index (χ0) is 14.7. The van der Waals surface area contributed by atoms with Crippen molar-refractivity contribution in [2.45, 2.75) is 25.9 Å². The molecular weight excluding hydrogens is 282 g/mol. The zero-order valence-electron chi connectivity index (χ0n) is 12.3. The number of nitrogens with two attached hydrogens (primary N) is 1. The summed E-state index contributed by atoms with van der Waals surface area (Å²) in [5.41, 5.74) is 8.09. The van der Waals surface area contributed by atoms with E-state index in [9.17, 15) is 0 Å². The molecule has 1 saturated heterocycles. The van der Waals surface area contributed by atoms with Gasteiger partial charge >= 0.3 is 0 Å². The number of anilines is 1. The van der Waals surface area contributed by atoms with E-state index in [0.717, 1.165) is 47.4 Å². The third-order valence-electron chi connectivity index (χ3n) is 3.86. The average molecular weight is 303 g/mol. The van der Waals surface area contributed by atoms with E-state index >= 15 is 0 Å². The van der Waals surface area contributed by atoms with Crippen LogP contribution in [0.2, 0.25) is 0 Å². The fourth-order valence-electron chi connectivity index (χ4n) is 2.67. The molecule has 2 N–H and O–H groups in total. The Kier molecular flexibility index (Phi) is 4.53. The lowest BCUT2D eigenvalue weighted by molar-refractivity contribution is 0.0930. The van der Waals surface area contributed by atoms with Gasteiger partial charge in [-0.05, 0) is 6.42 Å². The van der Waals surface area contributed by atoms with Gasteiger partial charge in [0.05, 0.1) is 24.9 Å². The molecule has 4 nitrogen and oxygen atoms in total. The Morgan fingerprint density at radius 3 is 2.90 bits per heavy atom. The predicted molar refractivity (Wildman–Crippen MR) is 87.7 cm³/mol. The Labute approximate surface area is 129 Å². The van der Waals surface area contributed by atoms with Crippen LogP contribution in [0.25, 0.3) is 11.3 Å². The summed E-state index contributed by atoms with van der Waals surface area (Å²) in [6, 6.07) is 10.7. The molecule has 0 spiro atoms. The second-order valence-corrected chi connectivity index (χ2v) is 6.23. The lowest BCUT2D eigenvalue weighted by Crippen LogP contribution is -2.45. The van der Waals surface area contributed by atoms with Crippen LogP contribution in [0, 0.1) is 0 Å². The van der Waals surface area contributed by atoms with Gasteiger partial charge in [0.2, 0.25) is 0 Å². The lowest BCUT2D eigenvalue weighted by atomic mass is 10.1. The van der Waals surface area contributed by atoms with Gasteiger partial charge in [-0.1, -0.05) is 48.6 Å². The van der Waals surface area contributed by atoms with E-state index in [1.165, 1.54) is 0 Å². The van der Waals surface area contributed by atoms with Gasteiger partial charge in [0.1, 0.15) is 0 Å². The third-order valence-corrected chi connectivity index (χ3v) is 4.98. The minimum Gasteiger partial charge on any atom is -0.377 e. The van der Waals surface area contributed by atoms with Crippen LogP contribution in [0.15, 0.2) is 30.3 Å². The smallest absolute Gasteiger partial charge is 0.186 e. The van der Waals surface area contributed by atoms with Crippen molar-refractivity contribution in [2.24, 2.45) is 5.73 Å². The predicted octanol–water partition coefficient (Wildman–Crippen LogP) is 2.88. The minimum atomic E-state index is 0.416. The van der Waals surface area contributed by atoms with Crippen LogP contribution in [0.1, 0.15) is 18.2 Å². The number of aromatic nitrogens is 1. The van der Waals surface area contributed by atoms with E-state index in [0.29, 0.717) is 12.6 Å². The van der Waals surface area contributed by atoms with Gasteiger partial charge in [-0.25, -0.2) is 4.98 Å². The molecule has 1 unspecified atom stereocenters. The first-order valence-electron chi connectivity index (χ1n) is 7.43. The summed E-state index contributed by atoms with van der Waals surface area (Å²) in [6.45, 7) is 5.19. The van der Waals surface area contributed by atoms with Crippen molar-refractivity contribution in [2.75, 3.05) is 24.7 Å². The molecule has 0 bridgehead atoms. The lowest BCUT2D eigenvalue weighted by Gasteiger charge is -2.34. The van der Waals surface area contributed by atoms with Gasteiger partial charge in [-0.2, -0.15) is 0 Å². The molecule has 5 heteroatoms. The number of morpholine rings is 1. The SMILES string of the molecule is CCC1COCCN1c1nc(-c2ccccc2)c(CN)s1. The molecule has 0 aliphatic carbocycles. The highest BCUT2D eigenvalue weighted by Gasteiger charge is 2.25. The maximum absolute atomic E-state index is 5.93. The monoisotopic (exact) mass is 303 g/mol. The molecule has 1 aromatic carbocycles. The first-order chi connectivity index (χ1) is 10.3. The topological polar surface area (TPSA) is 51.4 Å². The molecule has 1 fully saturated rings. The van der Waals surface area contributed by atoms with Crippen LogP contribution in [-0.2, 0) is 11.3 Å². The van der Waals surface area contributed by atoms with Crippen LogP contribution >= 0.6 is 11.3 Å². The number of hydrogen-bond donors (Lipinski definition) is 1. The van der Waals surface area contributed by atoms with E-state index < -0.39 is 0 Å². The Morgan fingerprint density at radius 1 is 1.38 bits per heavy atom. The molecule has 1 aliphatic rings. The Hall–Kier alpha value is -1.43. The molecule has 112 valence electrons. The van der Waals surface area contributed by atoms with Crippen LogP contribution in [-0.4, -0.2) is 30.8 Å². The molecule has 0 saturated carbocycles. The normalized spacial score (nSPS) is 19.0. The largest absolute Gasteiger partial charge is 0.377 e. The van der Waals surface area contributed by atoms with Crippen molar-refractivity contribution < 1.29 is 4.74 Å². The maximum atomic E-state index is 5.93. The van der Waals surface area contributed by atoms with Crippen LogP contribution in [0.5, 0.6) is 0 Å². The molecule has 2 heterocycles. The summed E-state index contributed by atoms with van der Waals surface area (Å²) in [4.78, 5) is 8.41. The second-order valence-electron chi connectivity index (χ2n) is 5.17. The standard InChI is InChI=1S/C16H21N3OS/c1-2-13-11-20-9-8-19(13)16-18-15(14(10-17)21-16)12-6-4-3-5-7-12/h3-7,13H,2,8-11,17H2,1H3. The van der Waals surface area contributed by atoms with Crippen molar-refractivity contribution in [3.63, 3.8) is 0 Å². The number of thiazole rings is 1. The Bertz CT molecular complexity index is 584. The van der Waals surface area contributed by atoms with E-state index in [1.807, 2.05) is 18.2 Å². The van der Waals surface area contributed by atoms with E-state index in [-0.39, 0.29) is 0 Å². The fourth-order valence-corrected chi connectivity index (χ4v) is 3.73. The summed E-state index contributed by atoms with van der Waals surface area (Å²) in [5.74, 6) is 0. The van der Waals surface area contributed by atoms with Gasteiger partial charge in [0.15, 0.2) is 5.13 Å². The van der Waals surface area contributed by atoms with E-state index in [4.69, 9.17) is 15.5 Å².